The summed E-state index contributed by atoms with van der Waals surface area (Å²) in [5.41, 5.74) is 0. The first-order chi connectivity index (χ1) is 5.58. The Labute approximate surface area is 97.2 Å². The molecule has 0 aromatic rings. The van der Waals surface area contributed by atoms with Gasteiger partial charge in [0.05, 0.1) is 6.10 Å². The van der Waals surface area contributed by atoms with Gasteiger partial charge in [-0.3, -0.25) is 0 Å². The largest absolute Gasteiger partial charge is 0.410 e. The molecule has 1 nitrogen and oxygen atoms in total. The van der Waals surface area contributed by atoms with Gasteiger partial charge in [-0.2, -0.15) is 0 Å². The van der Waals surface area contributed by atoms with Crippen molar-refractivity contribution in [3.63, 3.8) is 0 Å². The Bertz CT molecular complexity index is 194. The summed E-state index contributed by atoms with van der Waals surface area (Å²) in [5.74, 6) is 0. The van der Waals surface area contributed by atoms with Crippen molar-refractivity contribution in [2.75, 3.05) is 0 Å². The van der Waals surface area contributed by atoms with Gasteiger partial charge >= 0.3 is 0 Å². The first kappa shape index (κ1) is 13.6. The summed E-state index contributed by atoms with van der Waals surface area (Å²) in [6.07, 6.45) is 0.182. The third-order valence-corrected chi connectivity index (χ3v) is 8.15. The number of hydrogen-bond donors (Lipinski definition) is 0. The van der Waals surface area contributed by atoms with Crippen LogP contribution in [-0.4, -0.2) is 14.4 Å². The number of hydrogen-bond acceptors (Lipinski definition) is 1. The molecule has 78 valence electrons. The molecular weight excluding hydrogens is 291 g/mol. The van der Waals surface area contributed by atoms with E-state index in [0.717, 1.165) is 3.58 Å². The van der Waals surface area contributed by atoms with Gasteiger partial charge in [0.2, 0.25) is 0 Å². The average molecular weight is 312 g/mol. The van der Waals surface area contributed by atoms with Gasteiger partial charge < -0.3 is 4.43 Å². The van der Waals surface area contributed by atoms with E-state index in [1.807, 2.05) is 0 Å². The molecule has 1 unspecified atom stereocenters. The Morgan fingerprint density at radius 3 is 2.00 bits per heavy atom. The van der Waals surface area contributed by atoms with Gasteiger partial charge in [-0.25, -0.2) is 0 Å². The topological polar surface area (TPSA) is 9.23 Å². The minimum atomic E-state index is -1.60. The molecule has 1 atom stereocenters. The Morgan fingerprint density at radius 2 is 1.77 bits per heavy atom. The molecule has 0 bridgehead atoms. The molecule has 3 heteroatoms. The van der Waals surface area contributed by atoms with Crippen LogP contribution in [0.1, 0.15) is 27.7 Å². The van der Waals surface area contributed by atoms with Crippen molar-refractivity contribution in [3.8, 4) is 0 Å². The maximum atomic E-state index is 6.10. The smallest absolute Gasteiger partial charge is 0.192 e. The normalized spacial score (nSPS) is 15.6. The third kappa shape index (κ3) is 4.12. The Kier molecular flexibility index (Phi) is 4.67. The predicted octanol–water partition coefficient (Wildman–Crippen LogP) is 4.35. The van der Waals surface area contributed by atoms with Crippen LogP contribution in [0.2, 0.25) is 18.1 Å². The predicted molar refractivity (Wildman–Crippen MR) is 70.9 cm³/mol. The Morgan fingerprint density at radius 1 is 1.38 bits per heavy atom. The summed E-state index contributed by atoms with van der Waals surface area (Å²) in [6, 6.07) is 0. The van der Waals surface area contributed by atoms with Crippen molar-refractivity contribution in [3.05, 3.63) is 10.2 Å². The van der Waals surface area contributed by atoms with Crippen LogP contribution >= 0.6 is 22.6 Å². The molecule has 0 radical (unpaired) electrons. The van der Waals surface area contributed by atoms with Crippen molar-refractivity contribution in [2.45, 2.75) is 51.9 Å². The van der Waals surface area contributed by atoms with Gasteiger partial charge in [0.15, 0.2) is 8.32 Å². The van der Waals surface area contributed by atoms with Crippen molar-refractivity contribution < 1.29 is 4.43 Å². The van der Waals surface area contributed by atoms with E-state index in [-0.39, 0.29) is 11.1 Å². The average Bonchev–Trinajstić information content (AvgIpc) is 1.83. The van der Waals surface area contributed by atoms with Gasteiger partial charge in [0, 0.05) is 3.58 Å². The molecule has 0 N–H and O–H groups in total. The lowest BCUT2D eigenvalue weighted by Gasteiger charge is -2.38. The van der Waals surface area contributed by atoms with E-state index >= 15 is 0 Å². The zero-order valence-electron chi connectivity index (χ0n) is 9.57. The van der Waals surface area contributed by atoms with E-state index in [4.69, 9.17) is 4.43 Å². The maximum absolute atomic E-state index is 6.10. The number of halogens is 1. The van der Waals surface area contributed by atoms with Crippen LogP contribution in [0.25, 0.3) is 0 Å². The maximum Gasteiger partial charge on any atom is 0.192 e. The molecule has 0 heterocycles. The molecule has 0 spiro atoms. The van der Waals surface area contributed by atoms with E-state index in [1.54, 1.807) is 0 Å². The number of rotatable bonds is 3. The van der Waals surface area contributed by atoms with E-state index < -0.39 is 8.32 Å². The van der Waals surface area contributed by atoms with Crippen LogP contribution in [-0.2, 0) is 4.43 Å². The van der Waals surface area contributed by atoms with E-state index in [0.29, 0.717) is 0 Å². The molecule has 0 fully saturated rings. The fourth-order valence-electron chi connectivity index (χ4n) is 0.683. The monoisotopic (exact) mass is 312 g/mol. The van der Waals surface area contributed by atoms with E-state index in [2.05, 4.69) is 70.0 Å². The highest BCUT2D eigenvalue weighted by Gasteiger charge is 2.38. The highest BCUT2D eigenvalue weighted by molar-refractivity contribution is 14.1. The van der Waals surface area contributed by atoms with Crippen molar-refractivity contribution in [1.82, 2.24) is 0 Å². The summed E-state index contributed by atoms with van der Waals surface area (Å²) in [6.45, 7) is 17.3. The van der Waals surface area contributed by atoms with Crippen molar-refractivity contribution in [1.29, 1.82) is 0 Å². The molecule has 0 aromatic heterocycles. The Balaban J connectivity index is 4.43. The van der Waals surface area contributed by atoms with Crippen LogP contribution in [0.4, 0.5) is 0 Å². The first-order valence-corrected chi connectivity index (χ1v) is 8.59. The SMILES string of the molecule is C=C(I)C(C)O[Si](C)(C)C(C)(C)C. The summed E-state index contributed by atoms with van der Waals surface area (Å²) >= 11 is 2.24. The molecule has 0 saturated heterocycles. The van der Waals surface area contributed by atoms with Crippen LogP contribution < -0.4 is 0 Å². The van der Waals surface area contributed by atoms with Gasteiger partial charge in [-0.15, -0.1) is 0 Å². The summed E-state index contributed by atoms with van der Waals surface area (Å²) in [7, 11) is -1.60. The lowest BCUT2D eigenvalue weighted by molar-refractivity contribution is 0.242. The van der Waals surface area contributed by atoms with Gasteiger partial charge in [-0.1, -0.05) is 27.4 Å². The van der Waals surface area contributed by atoms with Crippen molar-refractivity contribution >= 4 is 30.9 Å². The molecule has 0 aliphatic heterocycles. The summed E-state index contributed by atoms with van der Waals surface area (Å²) in [5, 5.41) is 0.285. The lowest BCUT2D eigenvalue weighted by atomic mass is 10.2. The highest BCUT2D eigenvalue weighted by Crippen LogP contribution is 2.38. The molecule has 13 heavy (non-hydrogen) atoms. The second kappa shape index (κ2) is 4.44. The quantitative estimate of drug-likeness (QED) is 0.556. The van der Waals surface area contributed by atoms with Gasteiger partial charge in [-0.05, 0) is 47.6 Å². The molecule has 0 amide bonds. The summed E-state index contributed by atoms with van der Waals surface area (Å²) < 4.78 is 7.18. The second-order valence-electron chi connectivity index (χ2n) is 4.97. The summed E-state index contributed by atoms with van der Waals surface area (Å²) in [4.78, 5) is 0. The molecule has 0 aliphatic carbocycles. The highest BCUT2D eigenvalue weighted by atomic mass is 127. The van der Waals surface area contributed by atoms with Crippen LogP contribution in [0, 0.1) is 0 Å². The molecule has 0 aromatic carbocycles. The van der Waals surface area contributed by atoms with Crippen LogP contribution in [0.15, 0.2) is 10.2 Å². The van der Waals surface area contributed by atoms with Crippen LogP contribution in [0.3, 0.4) is 0 Å². The minimum absolute atomic E-state index is 0.182. The van der Waals surface area contributed by atoms with E-state index in [9.17, 15) is 0 Å². The minimum Gasteiger partial charge on any atom is -0.410 e. The zero-order chi connectivity index (χ0) is 10.9. The fourth-order valence-corrected chi connectivity index (χ4v) is 2.43. The second-order valence-corrected chi connectivity index (χ2v) is 11.1. The van der Waals surface area contributed by atoms with Gasteiger partial charge in [0.25, 0.3) is 0 Å². The molecule has 0 saturated carbocycles. The molecule has 0 aliphatic rings. The first-order valence-electron chi connectivity index (χ1n) is 4.60. The van der Waals surface area contributed by atoms with E-state index in [1.165, 1.54) is 0 Å². The van der Waals surface area contributed by atoms with Crippen LogP contribution in [0.5, 0.6) is 0 Å². The fraction of sp³-hybridized carbons (Fsp3) is 0.800. The zero-order valence-corrected chi connectivity index (χ0v) is 12.7. The Hall–Kier alpha value is 0.647. The molecule has 0 rings (SSSR count). The molecular formula is C10H21IOSi. The standard InChI is InChI=1S/C10H21IOSi/c1-8(11)9(2)12-13(6,7)10(3,4)5/h9H,1H2,2-7H3. The van der Waals surface area contributed by atoms with Crippen molar-refractivity contribution in [2.24, 2.45) is 0 Å². The third-order valence-electron chi connectivity index (χ3n) is 2.72. The van der Waals surface area contributed by atoms with Gasteiger partial charge in [0.1, 0.15) is 0 Å². The lowest BCUT2D eigenvalue weighted by Crippen LogP contribution is -2.43.